The molecule has 0 saturated carbocycles. The molecule has 0 fully saturated rings. The molecule has 3 aromatic rings. The van der Waals surface area contributed by atoms with Crippen molar-refractivity contribution in [3.05, 3.63) is 95.0 Å². The molecule has 1 unspecified atom stereocenters. The number of hydrogen-bond donors (Lipinski definition) is 3. The summed E-state index contributed by atoms with van der Waals surface area (Å²) < 4.78 is 33.2. The Kier molecular flexibility index (Phi) is 8.05. The molecule has 33 heavy (non-hydrogen) atoms. The maximum atomic E-state index is 12.6. The van der Waals surface area contributed by atoms with E-state index in [1.54, 1.807) is 36.4 Å². The highest BCUT2D eigenvalue weighted by Crippen LogP contribution is 2.24. The van der Waals surface area contributed by atoms with Crippen LogP contribution in [-0.4, -0.2) is 26.3 Å². The second-order valence-electron chi connectivity index (χ2n) is 6.97. The van der Waals surface area contributed by atoms with Crippen LogP contribution in [0.5, 0.6) is 5.75 Å². The Morgan fingerprint density at radius 1 is 0.939 bits per heavy atom. The topological polar surface area (TPSA) is 114 Å². The molecule has 0 heterocycles. The maximum absolute atomic E-state index is 12.6. The molecule has 3 N–H and O–H groups in total. The first-order valence-corrected chi connectivity index (χ1v) is 11.8. The van der Waals surface area contributed by atoms with Crippen LogP contribution in [0, 0.1) is 0 Å². The number of para-hydroxylation sites is 1. The average Bonchev–Trinajstić information content (AvgIpc) is 2.83. The lowest BCUT2D eigenvalue weighted by molar-refractivity contribution is -0.128. The number of ether oxygens (including phenoxy) is 1. The molecule has 8 nitrogen and oxygen atoms in total. The fraction of sp³-hybridized carbons (Fsp3) is 0.130. The van der Waals surface area contributed by atoms with Crippen LogP contribution >= 0.6 is 11.6 Å². The predicted molar refractivity (Wildman–Crippen MR) is 124 cm³/mol. The molecular formula is C23H22ClN3O5S. The first-order valence-electron chi connectivity index (χ1n) is 9.91. The van der Waals surface area contributed by atoms with Gasteiger partial charge in [0.05, 0.1) is 9.92 Å². The van der Waals surface area contributed by atoms with Crippen molar-refractivity contribution in [2.24, 2.45) is 0 Å². The molecule has 0 spiro atoms. The molecular weight excluding hydrogens is 466 g/mol. The molecule has 0 aliphatic rings. The van der Waals surface area contributed by atoms with Gasteiger partial charge in [-0.15, -0.1) is 0 Å². The summed E-state index contributed by atoms with van der Waals surface area (Å²) in [5.41, 5.74) is 5.35. The summed E-state index contributed by atoms with van der Waals surface area (Å²) in [7, 11) is -3.85. The first kappa shape index (κ1) is 24.2. The van der Waals surface area contributed by atoms with Crippen molar-refractivity contribution < 1.29 is 22.7 Å². The molecule has 3 aromatic carbocycles. The van der Waals surface area contributed by atoms with E-state index in [4.69, 9.17) is 16.3 Å². The fourth-order valence-electron chi connectivity index (χ4n) is 2.74. The minimum Gasteiger partial charge on any atom is -0.479 e. The molecule has 1 atom stereocenters. The third kappa shape index (κ3) is 6.79. The second-order valence-corrected chi connectivity index (χ2v) is 9.15. The highest BCUT2D eigenvalue weighted by Gasteiger charge is 2.19. The summed E-state index contributed by atoms with van der Waals surface area (Å²) in [4.78, 5) is 24.6. The molecule has 0 aliphatic heterocycles. The molecule has 0 radical (unpaired) electrons. The van der Waals surface area contributed by atoms with E-state index in [1.807, 2.05) is 18.2 Å². The minimum absolute atomic E-state index is 0.0533. The molecule has 0 bridgehead atoms. The zero-order chi connectivity index (χ0) is 23.8. The highest BCUT2D eigenvalue weighted by atomic mass is 35.5. The van der Waals surface area contributed by atoms with Gasteiger partial charge in [0.2, 0.25) is 10.0 Å². The van der Waals surface area contributed by atoms with Gasteiger partial charge in [-0.05, 0) is 42.8 Å². The van der Waals surface area contributed by atoms with E-state index in [1.165, 1.54) is 31.2 Å². The Labute approximate surface area is 196 Å². The van der Waals surface area contributed by atoms with Crippen molar-refractivity contribution in [2.45, 2.75) is 24.5 Å². The van der Waals surface area contributed by atoms with E-state index < -0.39 is 27.9 Å². The Morgan fingerprint density at radius 3 is 2.36 bits per heavy atom. The molecule has 0 aromatic heterocycles. The van der Waals surface area contributed by atoms with E-state index in [9.17, 15) is 18.0 Å². The van der Waals surface area contributed by atoms with Gasteiger partial charge in [0.15, 0.2) is 6.10 Å². The van der Waals surface area contributed by atoms with E-state index in [0.717, 1.165) is 5.56 Å². The normalized spacial score (nSPS) is 11.9. The number of rotatable bonds is 8. The quantitative estimate of drug-likeness (QED) is 0.423. The Morgan fingerprint density at radius 2 is 1.64 bits per heavy atom. The van der Waals surface area contributed by atoms with Crippen molar-refractivity contribution in [1.82, 2.24) is 15.6 Å². The lowest BCUT2D eigenvalue weighted by Crippen LogP contribution is -2.47. The van der Waals surface area contributed by atoms with E-state index in [-0.39, 0.29) is 17.0 Å². The number of amides is 2. The number of hydrogen-bond acceptors (Lipinski definition) is 5. The summed E-state index contributed by atoms with van der Waals surface area (Å²) in [5, 5.41) is 0.347. The molecule has 2 amide bonds. The summed E-state index contributed by atoms with van der Waals surface area (Å²) in [5.74, 6) is -0.973. The zero-order valence-electron chi connectivity index (χ0n) is 17.6. The van der Waals surface area contributed by atoms with E-state index in [0.29, 0.717) is 10.8 Å². The van der Waals surface area contributed by atoms with Gasteiger partial charge in [-0.25, -0.2) is 13.1 Å². The smallest absolute Gasteiger partial charge is 0.279 e. The second kappa shape index (κ2) is 11.0. The third-order valence-corrected chi connectivity index (χ3v) is 6.24. The number of carbonyl (C=O) groups is 2. The van der Waals surface area contributed by atoms with Crippen LogP contribution in [0.1, 0.15) is 22.8 Å². The lowest BCUT2D eigenvalue weighted by atomic mass is 10.2. The van der Waals surface area contributed by atoms with Crippen LogP contribution in [0.25, 0.3) is 0 Å². The van der Waals surface area contributed by atoms with Crippen LogP contribution < -0.4 is 20.3 Å². The third-order valence-electron chi connectivity index (χ3n) is 4.52. The zero-order valence-corrected chi connectivity index (χ0v) is 19.2. The van der Waals surface area contributed by atoms with Gasteiger partial charge in [0.1, 0.15) is 5.75 Å². The van der Waals surface area contributed by atoms with Crippen molar-refractivity contribution in [2.75, 3.05) is 0 Å². The van der Waals surface area contributed by atoms with Gasteiger partial charge in [0, 0.05) is 12.1 Å². The number of nitrogens with one attached hydrogen (secondary N) is 3. The molecule has 3 rings (SSSR count). The number of halogens is 1. The van der Waals surface area contributed by atoms with Gasteiger partial charge in [-0.2, -0.15) is 0 Å². The maximum Gasteiger partial charge on any atom is 0.279 e. The van der Waals surface area contributed by atoms with Gasteiger partial charge >= 0.3 is 0 Å². The monoisotopic (exact) mass is 487 g/mol. The molecule has 10 heteroatoms. The first-order chi connectivity index (χ1) is 15.8. The van der Waals surface area contributed by atoms with E-state index >= 15 is 0 Å². The Bertz CT molecular complexity index is 1240. The van der Waals surface area contributed by atoms with Crippen molar-refractivity contribution in [1.29, 1.82) is 0 Å². The van der Waals surface area contributed by atoms with Crippen LogP contribution in [0.4, 0.5) is 0 Å². The van der Waals surface area contributed by atoms with E-state index in [2.05, 4.69) is 15.6 Å². The van der Waals surface area contributed by atoms with Gasteiger partial charge in [-0.3, -0.25) is 20.4 Å². The molecule has 172 valence electrons. The molecule has 0 saturated heterocycles. The number of benzene rings is 3. The largest absolute Gasteiger partial charge is 0.479 e. The van der Waals surface area contributed by atoms with Crippen LogP contribution in [0.2, 0.25) is 5.02 Å². The Balaban J connectivity index is 1.58. The van der Waals surface area contributed by atoms with Crippen molar-refractivity contribution >= 4 is 33.4 Å². The standard InChI is InChI=1S/C23H22ClN3O5S/c1-16(32-21-13-6-5-12-20(21)24)22(28)26-27-23(29)18-10-7-11-19(14-18)33(30,31)25-15-17-8-3-2-4-9-17/h2-14,16,25H,15H2,1H3,(H,26,28)(H,27,29). The summed E-state index contributed by atoms with van der Waals surface area (Å²) in [6.07, 6.45) is -0.945. The summed E-state index contributed by atoms with van der Waals surface area (Å²) in [6.45, 7) is 1.61. The van der Waals surface area contributed by atoms with Crippen LogP contribution in [-0.2, 0) is 21.4 Å². The van der Waals surface area contributed by atoms with Gasteiger partial charge < -0.3 is 4.74 Å². The Hall–Kier alpha value is -3.40. The van der Waals surface area contributed by atoms with Crippen molar-refractivity contribution in [3.8, 4) is 5.75 Å². The van der Waals surface area contributed by atoms with Crippen LogP contribution in [0.15, 0.2) is 83.8 Å². The average molecular weight is 488 g/mol. The highest BCUT2D eigenvalue weighted by molar-refractivity contribution is 7.89. The summed E-state index contributed by atoms with van der Waals surface area (Å²) >= 11 is 6.01. The van der Waals surface area contributed by atoms with Gasteiger partial charge in [0.25, 0.3) is 11.8 Å². The minimum atomic E-state index is -3.85. The number of hydrazine groups is 1. The van der Waals surface area contributed by atoms with Crippen molar-refractivity contribution in [3.63, 3.8) is 0 Å². The summed E-state index contributed by atoms with van der Waals surface area (Å²) in [6, 6.07) is 21.2. The van der Waals surface area contributed by atoms with Gasteiger partial charge in [-0.1, -0.05) is 60.1 Å². The lowest BCUT2D eigenvalue weighted by Gasteiger charge is -2.16. The number of sulfonamides is 1. The fourth-order valence-corrected chi connectivity index (χ4v) is 3.98. The molecule has 0 aliphatic carbocycles. The van der Waals surface area contributed by atoms with Crippen LogP contribution in [0.3, 0.4) is 0 Å². The SMILES string of the molecule is CC(Oc1ccccc1Cl)C(=O)NNC(=O)c1cccc(S(=O)(=O)NCc2ccccc2)c1. The number of carbonyl (C=O) groups excluding carboxylic acids is 2. The predicted octanol–water partition coefficient (Wildman–Crippen LogP) is 3.05.